The van der Waals surface area contributed by atoms with Gasteiger partial charge >= 0.3 is 0 Å². The van der Waals surface area contributed by atoms with Gasteiger partial charge in [-0.3, -0.25) is 9.78 Å². The molecule has 1 rings (SSSR count). The molecular formula is C13H20FN5O. The highest BCUT2D eigenvalue weighted by molar-refractivity contribution is 5.86. The van der Waals surface area contributed by atoms with Crippen LogP contribution in [0.25, 0.3) is 0 Å². The Kier molecular flexibility index (Phi) is 6.42. The fraction of sp³-hybridized carbons (Fsp3) is 0.462. The van der Waals surface area contributed by atoms with Crippen molar-refractivity contribution in [3.05, 3.63) is 29.8 Å². The first kappa shape index (κ1) is 15.9. The molecule has 0 aliphatic rings. The minimum atomic E-state index is -0.392. The van der Waals surface area contributed by atoms with Gasteiger partial charge in [0, 0.05) is 26.8 Å². The number of carbonyl (C=O) groups excluding carboxylic acids is 1. The number of nitrogens with one attached hydrogen (secondary N) is 2. The highest BCUT2D eigenvalue weighted by Crippen LogP contribution is 2.03. The van der Waals surface area contributed by atoms with E-state index in [4.69, 9.17) is 0 Å². The Bertz CT molecular complexity index is 476. The first-order valence-corrected chi connectivity index (χ1v) is 6.36. The van der Waals surface area contributed by atoms with Gasteiger partial charge in [0.05, 0.1) is 18.8 Å². The van der Waals surface area contributed by atoms with E-state index in [1.54, 1.807) is 14.1 Å². The lowest BCUT2D eigenvalue weighted by Gasteiger charge is -2.14. The minimum absolute atomic E-state index is 0.0698. The molecule has 0 unspecified atom stereocenters. The number of carbonyl (C=O) groups is 1. The summed E-state index contributed by atoms with van der Waals surface area (Å²) in [4.78, 5) is 21.1. The summed E-state index contributed by atoms with van der Waals surface area (Å²) in [5, 5.41) is 5.87. The van der Waals surface area contributed by atoms with Crippen molar-refractivity contribution >= 4 is 11.9 Å². The van der Waals surface area contributed by atoms with Crippen LogP contribution in [0.3, 0.4) is 0 Å². The highest BCUT2D eigenvalue weighted by Gasteiger charge is 2.06. The summed E-state index contributed by atoms with van der Waals surface area (Å²) < 4.78 is 13.4. The average Bonchev–Trinajstić information content (AvgIpc) is 2.43. The van der Waals surface area contributed by atoms with Gasteiger partial charge in [0.2, 0.25) is 5.91 Å². The topological polar surface area (TPSA) is 69.6 Å². The third kappa shape index (κ3) is 5.21. The monoisotopic (exact) mass is 281 g/mol. The molecule has 2 N–H and O–H groups in total. The molecule has 1 amide bonds. The van der Waals surface area contributed by atoms with Crippen molar-refractivity contribution in [2.45, 2.75) is 13.5 Å². The van der Waals surface area contributed by atoms with Crippen LogP contribution in [-0.2, 0) is 11.3 Å². The molecule has 110 valence electrons. The molecule has 0 saturated carbocycles. The van der Waals surface area contributed by atoms with Crippen molar-refractivity contribution in [3.8, 4) is 0 Å². The number of aromatic nitrogens is 1. The van der Waals surface area contributed by atoms with Crippen molar-refractivity contribution < 1.29 is 9.18 Å². The Morgan fingerprint density at radius 1 is 1.45 bits per heavy atom. The van der Waals surface area contributed by atoms with Crippen molar-refractivity contribution in [2.24, 2.45) is 4.99 Å². The lowest BCUT2D eigenvalue weighted by Crippen LogP contribution is -2.42. The van der Waals surface area contributed by atoms with Crippen LogP contribution in [0.2, 0.25) is 0 Å². The van der Waals surface area contributed by atoms with Crippen LogP contribution in [0.5, 0.6) is 0 Å². The zero-order chi connectivity index (χ0) is 15.0. The first-order chi connectivity index (χ1) is 9.54. The molecular weight excluding hydrogens is 261 g/mol. The Morgan fingerprint density at radius 2 is 2.20 bits per heavy atom. The molecule has 6 nitrogen and oxygen atoms in total. The summed E-state index contributed by atoms with van der Waals surface area (Å²) in [5.41, 5.74) is 0.267. The van der Waals surface area contributed by atoms with E-state index in [2.05, 4.69) is 20.6 Å². The quantitative estimate of drug-likeness (QED) is 0.604. The number of nitrogens with zero attached hydrogens (tertiary/aromatic N) is 3. The molecule has 1 aromatic rings. The Balaban J connectivity index is 2.63. The second kappa shape index (κ2) is 8.08. The third-order valence-corrected chi connectivity index (χ3v) is 2.47. The molecule has 0 atom stereocenters. The number of hydrogen-bond acceptors (Lipinski definition) is 3. The normalized spacial score (nSPS) is 11.1. The number of pyridine rings is 1. The Morgan fingerprint density at radius 3 is 2.80 bits per heavy atom. The number of amides is 1. The smallest absolute Gasteiger partial charge is 0.241 e. The van der Waals surface area contributed by atoms with Gasteiger partial charge in [-0.25, -0.2) is 9.38 Å². The van der Waals surface area contributed by atoms with E-state index in [0.29, 0.717) is 12.5 Å². The van der Waals surface area contributed by atoms with Crippen LogP contribution >= 0.6 is 0 Å². The van der Waals surface area contributed by atoms with Gasteiger partial charge in [0.15, 0.2) is 5.96 Å². The van der Waals surface area contributed by atoms with Crippen molar-refractivity contribution in [3.63, 3.8) is 0 Å². The molecule has 0 aliphatic heterocycles. The number of halogens is 1. The molecule has 1 heterocycles. The van der Waals surface area contributed by atoms with E-state index in [1.807, 2.05) is 6.92 Å². The molecule has 0 aromatic carbocycles. The van der Waals surface area contributed by atoms with Gasteiger partial charge in [-0.1, -0.05) is 0 Å². The summed E-state index contributed by atoms with van der Waals surface area (Å²) in [6.45, 7) is 2.79. The van der Waals surface area contributed by atoms with Gasteiger partial charge < -0.3 is 15.5 Å². The van der Waals surface area contributed by atoms with Crippen molar-refractivity contribution in [2.75, 3.05) is 27.2 Å². The minimum Gasteiger partial charge on any atom is -0.357 e. The molecule has 0 radical (unpaired) electrons. The van der Waals surface area contributed by atoms with Crippen LogP contribution < -0.4 is 10.6 Å². The maximum atomic E-state index is 13.4. The summed E-state index contributed by atoms with van der Waals surface area (Å²) in [5.74, 6) is -0.0103. The fourth-order valence-electron chi connectivity index (χ4n) is 1.35. The number of hydrogen-bond donors (Lipinski definition) is 2. The van der Waals surface area contributed by atoms with Gasteiger partial charge in [-0.05, 0) is 19.1 Å². The third-order valence-electron chi connectivity index (χ3n) is 2.47. The van der Waals surface area contributed by atoms with Crippen LogP contribution in [0.4, 0.5) is 4.39 Å². The predicted octanol–water partition coefficient (Wildman–Crippen LogP) is 0.364. The Labute approximate surface area is 118 Å². The van der Waals surface area contributed by atoms with E-state index in [0.717, 1.165) is 0 Å². The summed E-state index contributed by atoms with van der Waals surface area (Å²) in [6, 6.07) is 2.87. The van der Waals surface area contributed by atoms with E-state index < -0.39 is 5.82 Å². The maximum Gasteiger partial charge on any atom is 0.241 e. The fourth-order valence-corrected chi connectivity index (χ4v) is 1.35. The number of aliphatic imine (C=N–C) groups is 1. The highest BCUT2D eigenvalue weighted by atomic mass is 19.1. The summed E-state index contributed by atoms with van der Waals surface area (Å²) in [6.07, 6.45) is 1.52. The number of rotatable bonds is 5. The van der Waals surface area contributed by atoms with Crippen LogP contribution in [0.1, 0.15) is 12.6 Å². The van der Waals surface area contributed by atoms with Gasteiger partial charge in [0.25, 0.3) is 0 Å². The van der Waals surface area contributed by atoms with Gasteiger partial charge in [0.1, 0.15) is 5.82 Å². The van der Waals surface area contributed by atoms with E-state index >= 15 is 0 Å². The van der Waals surface area contributed by atoms with Crippen LogP contribution in [-0.4, -0.2) is 48.9 Å². The van der Waals surface area contributed by atoms with E-state index in [1.165, 1.54) is 23.2 Å². The predicted molar refractivity (Wildman–Crippen MR) is 75.7 cm³/mol. The molecule has 0 saturated heterocycles. The molecule has 0 bridgehead atoms. The maximum absolute atomic E-state index is 13.4. The molecule has 7 heteroatoms. The van der Waals surface area contributed by atoms with Gasteiger partial charge in [-0.2, -0.15) is 0 Å². The first-order valence-electron chi connectivity index (χ1n) is 6.36. The molecule has 20 heavy (non-hydrogen) atoms. The molecule has 0 aliphatic carbocycles. The Hall–Kier alpha value is -2.18. The number of guanidine groups is 1. The zero-order valence-corrected chi connectivity index (χ0v) is 12.0. The zero-order valence-electron chi connectivity index (χ0n) is 12.0. The summed E-state index contributed by atoms with van der Waals surface area (Å²) >= 11 is 0. The molecule has 0 spiro atoms. The lowest BCUT2D eigenvalue weighted by atomic mass is 10.3. The molecule has 1 aromatic heterocycles. The second-order valence-corrected chi connectivity index (χ2v) is 4.27. The second-order valence-electron chi connectivity index (χ2n) is 4.27. The lowest BCUT2D eigenvalue weighted by molar-refractivity contribution is -0.127. The number of likely N-dealkylation sites (N-methyl/N-ethyl adjacent to an activating group) is 1. The summed E-state index contributed by atoms with van der Waals surface area (Å²) in [7, 11) is 3.36. The standard InChI is InChI=1S/C13H20FN5O/c1-4-15-13(18-9-12(20)19(2)3)17-8-11-10(14)6-5-7-16-11/h5-7H,4,8-9H2,1-3H3,(H2,15,17,18). The van der Waals surface area contributed by atoms with Crippen LogP contribution in [0, 0.1) is 5.82 Å². The van der Waals surface area contributed by atoms with Crippen molar-refractivity contribution in [1.29, 1.82) is 0 Å². The SMILES string of the molecule is CCNC(=NCc1ncccc1F)NCC(=O)N(C)C. The van der Waals surface area contributed by atoms with E-state index in [-0.39, 0.29) is 24.7 Å². The largest absolute Gasteiger partial charge is 0.357 e. The van der Waals surface area contributed by atoms with Crippen molar-refractivity contribution in [1.82, 2.24) is 20.5 Å². The van der Waals surface area contributed by atoms with Gasteiger partial charge in [-0.15, -0.1) is 0 Å². The van der Waals surface area contributed by atoms with Crippen LogP contribution in [0.15, 0.2) is 23.3 Å². The van der Waals surface area contributed by atoms with E-state index in [9.17, 15) is 9.18 Å². The molecule has 0 fully saturated rings. The average molecular weight is 281 g/mol.